The van der Waals surface area contributed by atoms with E-state index in [4.69, 9.17) is 69.6 Å². The Morgan fingerprint density at radius 3 is 2.20 bits per heavy atom. The fraction of sp³-hybridized carbons (Fsp3) is 0.125. The number of nitrogens with zero attached hydrogens (tertiary/aromatic N) is 1. The molecule has 2 amide bonds. The number of anilines is 2. The molecule has 3 aromatic carbocycles. The number of rotatable bonds is 5. The summed E-state index contributed by atoms with van der Waals surface area (Å²) in [5.74, 6) is -2.33. The molecule has 2 atom stereocenters. The molecule has 1 aliphatic carbocycles. The molecule has 0 aliphatic heterocycles. The standard InChI is InChI=1S/C24H13Cl6N3O2/c25-13-1-4-19(12(7-13)10-31)33-22(34)17-9-16(2-3-18(17)28)32-23(35)21-20(24(21,29)30)11-5-14(26)8-15(27)6-11/h1-9,20-21H,(H,32,35)(H,33,34)/t20-,21+/m1/s1. The molecule has 4 rings (SSSR count). The molecular formula is C24H13Cl6N3O2. The van der Waals surface area contributed by atoms with Gasteiger partial charge in [-0.2, -0.15) is 5.26 Å². The molecule has 0 bridgehead atoms. The number of amides is 2. The molecule has 35 heavy (non-hydrogen) atoms. The van der Waals surface area contributed by atoms with E-state index in [-0.39, 0.29) is 21.8 Å². The average Bonchev–Trinajstić information content (AvgIpc) is 3.37. The third kappa shape index (κ3) is 5.49. The van der Waals surface area contributed by atoms with Crippen molar-refractivity contribution in [2.75, 3.05) is 10.6 Å². The lowest BCUT2D eigenvalue weighted by Crippen LogP contribution is -2.18. The van der Waals surface area contributed by atoms with Crippen LogP contribution in [0.15, 0.2) is 54.6 Å². The van der Waals surface area contributed by atoms with Crippen molar-refractivity contribution in [2.45, 2.75) is 10.3 Å². The number of benzene rings is 3. The minimum atomic E-state index is -1.35. The number of hydrogen-bond donors (Lipinski definition) is 2. The first kappa shape index (κ1) is 25.9. The summed E-state index contributed by atoms with van der Waals surface area (Å²) in [4.78, 5) is 25.8. The third-order valence-corrected chi connectivity index (χ3v) is 7.35. The van der Waals surface area contributed by atoms with Gasteiger partial charge in [-0.05, 0) is 60.2 Å². The second-order valence-electron chi connectivity index (χ2n) is 7.77. The van der Waals surface area contributed by atoms with E-state index < -0.39 is 28.0 Å². The van der Waals surface area contributed by atoms with Gasteiger partial charge in [0.1, 0.15) is 10.4 Å². The van der Waals surface area contributed by atoms with Crippen LogP contribution in [0.5, 0.6) is 0 Å². The fourth-order valence-electron chi connectivity index (χ4n) is 3.73. The second-order valence-corrected chi connectivity index (χ2v) is 10.9. The van der Waals surface area contributed by atoms with Gasteiger partial charge in [0.05, 0.1) is 27.8 Å². The molecule has 2 N–H and O–H groups in total. The number of carbonyl (C=O) groups excluding carboxylic acids is 2. The normalized spacial score (nSPS) is 17.9. The van der Waals surface area contributed by atoms with Crippen molar-refractivity contribution in [3.63, 3.8) is 0 Å². The van der Waals surface area contributed by atoms with Gasteiger partial charge in [0.2, 0.25) is 5.91 Å². The lowest BCUT2D eigenvalue weighted by atomic mass is 10.1. The smallest absolute Gasteiger partial charge is 0.257 e. The van der Waals surface area contributed by atoms with Gasteiger partial charge in [-0.15, -0.1) is 23.2 Å². The first-order valence-electron chi connectivity index (χ1n) is 9.96. The number of halogens is 6. The molecule has 178 valence electrons. The maximum Gasteiger partial charge on any atom is 0.257 e. The third-order valence-electron chi connectivity index (χ3n) is 5.41. The number of hydrogen-bond acceptors (Lipinski definition) is 3. The topological polar surface area (TPSA) is 82.0 Å². The highest BCUT2D eigenvalue weighted by Gasteiger charge is 2.67. The Morgan fingerprint density at radius 1 is 0.857 bits per heavy atom. The van der Waals surface area contributed by atoms with E-state index >= 15 is 0 Å². The molecule has 0 heterocycles. The van der Waals surface area contributed by atoms with Gasteiger partial charge in [0.25, 0.3) is 5.91 Å². The van der Waals surface area contributed by atoms with Crippen LogP contribution < -0.4 is 10.6 Å². The lowest BCUT2D eigenvalue weighted by molar-refractivity contribution is -0.117. The van der Waals surface area contributed by atoms with Crippen molar-refractivity contribution < 1.29 is 9.59 Å². The highest BCUT2D eigenvalue weighted by Crippen LogP contribution is 2.65. The summed E-state index contributed by atoms with van der Waals surface area (Å²) >= 11 is 37.1. The molecular weight excluding hydrogens is 575 g/mol. The predicted molar refractivity (Wildman–Crippen MR) is 141 cm³/mol. The monoisotopic (exact) mass is 585 g/mol. The van der Waals surface area contributed by atoms with Crippen LogP contribution in [0.1, 0.15) is 27.4 Å². The van der Waals surface area contributed by atoms with Crippen molar-refractivity contribution in [1.82, 2.24) is 0 Å². The fourth-order valence-corrected chi connectivity index (χ4v) is 5.47. The zero-order chi connectivity index (χ0) is 25.5. The molecule has 0 spiro atoms. The Bertz CT molecular complexity index is 1380. The predicted octanol–water partition coefficient (Wildman–Crippen LogP) is 7.95. The van der Waals surface area contributed by atoms with E-state index in [2.05, 4.69) is 10.6 Å². The summed E-state index contributed by atoms with van der Waals surface area (Å²) in [5, 5.41) is 15.9. The zero-order valence-corrected chi connectivity index (χ0v) is 21.9. The summed E-state index contributed by atoms with van der Waals surface area (Å²) in [6, 6.07) is 15.7. The maximum absolute atomic E-state index is 13.0. The van der Waals surface area contributed by atoms with E-state index in [1.54, 1.807) is 24.3 Å². The minimum Gasteiger partial charge on any atom is -0.326 e. The van der Waals surface area contributed by atoms with Crippen molar-refractivity contribution in [2.24, 2.45) is 5.92 Å². The highest BCUT2D eigenvalue weighted by molar-refractivity contribution is 6.53. The molecule has 3 aromatic rings. The number of nitriles is 1. The maximum atomic E-state index is 13.0. The van der Waals surface area contributed by atoms with Crippen LogP contribution in [0.25, 0.3) is 0 Å². The minimum absolute atomic E-state index is 0.0836. The van der Waals surface area contributed by atoms with Crippen molar-refractivity contribution in [3.8, 4) is 6.07 Å². The van der Waals surface area contributed by atoms with E-state index in [0.29, 0.717) is 26.3 Å². The van der Waals surface area contributed by atoms with Crippen LogP contribution >= 0.6 is 69.6 Å². The van der Waals surface area contributed by atoms with Crippen molar-refractivity contribution >= 4 is 92.8 Å². The Kier molecular flexibility index (Phi) is 7.45. The molecule has 1 fully saturated rings. The van der Waals surface area contributed by atoms with Gasteiger partial charge < -0.3 is 10.6 Å². The van der Waals surface area contributed by atoms with Crippen LogP contribution in [0.3, 0.4) is 0 Å². The first-order valence-corrected chi connectivity index (χ1v) is 12.2. The second kappa shape index (κ2) is 10.1. The van der Waals surface area contributed by atoms with Gasteiger partial charge in [0, 0.05) is 26.7 Å². The molecule has 0 unspecified atom stereocenters. The zero-order valence-electron chi connectivity index (χ0n) is 17.4. The van der Waals surface area contributed by atoms with Gasteiger partial charge in [0.15, 0.2) is 0 Å². The average molecular weight is 588 g/mol. The van der Waals surface area contributed by atoms with Crippen LogP contribution in [0.2, 0.25) is 20.1 Å². The summed E-state index contributed by atoms with van der Waals surface area (Å²) in [6.45, 7) is 0. The number of alkyl halides is 2. The van der Waals surface area contributed by atoms with Crippen molar-refractivity contribution in [1.29, 1.82) is 5.26 Å². The molecule has 0 saturated heterocycles. The quantitative estimate of drug-likeness (QED) is 0.297. The first-order chi connectivity index (χ1) is 16.5. The van der Waals surface area contributed by atoms with Crippen LogP contribution in [-0.2, 0) is 4.79 Å². The Balaban J connectivity index is 1.53. The summed E-state index contributed by atoms with van der Waals surface area (Å²) in [7, 11) is 0. The van der Waals surface area contributed by atoms with E-state index in [0.717, 1.165) is 0 Å². The van der Waals surface area contributed by atoms with E-state index in [1.165, 1.54) is 30.3 Å². The molecule has 11 heteroatoms. The van der Waals surface area contributed by atoms with Gasteiger partial charge in [-0.1, -0.05) is 46.4 Å². The van der Waals surface area contributed by atoms with Crippen LogP contribution in [0.4, 0.5) is 11.4 Å². The summed E-state index contributed by atoms with van der Waals surface area (Å²) < 4.78 is -1.35. The summed E-state index contributed by atoms with van der Waals surface area (Å²) in [6.07, 6.45) is 0. The number of carbonyl (C=O) groups is 2. The Hall–Kier alpha value is -2.17. The van der Waals surface area contributed by atoms with Crippen molar-refractivity contribution in [3.05, 3.63) is 91.4 Å². The molecule has 1 aliphatic rings. The molecule has 1 saturated carbocycles. The Morgan fingerprint density at radius 2 is 1.54 bits per heavy atom. The van der Waals surface area contributed by atoms with Gasteiger partial charge in [-0.3, -0.25) is 9.59 Å². The molecule has 0 aromatic heterocycles. The Labute approximate surface area is 230 Å². The largest absolute Gasteiger partial charge is 0.326 e. The van der Waals surface area contributed by atoms with E-state index in [1.807, 2.05) is 6.07 Å². The number of nitrogens with one attached hydrogen (secondary N) is 2. The SMILES string of the molecule is N#Cc1cc(Cl)ccc1NC(=O)c1cc(NC(=O)[C@@H]2[C@@H](c3cc(Cl)cc(Cl)c3)C2(Cl)Cl)ccc1Cl. The molecule has 0 radical (unpaired) electrons. The van der Waals surface area contributed by atoms with Crippen LogP contribution in [0, 0.1) is 17.2 Å². The van der Waals surface area contributed by atoms with Gasteiger partial charge in [-0.25, -0.2) is 0 Å². The van der Waals surface area contributed by atoms with Gasteiger partial charge >= 0.3 is 0 Å². The van der Waals surface area contributed by atoms with E-state index in [9.17, 15) is 14.9 Å². The van der Waals surface area contributed by atoms with Crippen LogP contribution in [-0.4, -0.2) is 16.1 Å². The lowest BCUT2D eigenvalue weighted by Gasteiger charge is -2.11. The highest BCUT2D eigenvalue weighted by atomic mass is 35.5. The molecule has 5 nitrogen and oxygen atoms in total. The summed E-state index contributed by atoms with van der Waals surface area (Å²) in [5.41, 5.74) is 1.48.